The summed E-state index contributed by atoms with van der Waals surface area (Å²) in [6, 6.07) is 13.1. The molecule has 5 nitrogen and oxygen atoms in total. The van der Waals surface area contributed by atoms with E-state index in [1.165, 1.54) is 19.2 Å². The van der Waals surface area contributed by atoms with E-state index in [1.807, 2.05) is 0 Å². The number of hydrogen-bond donors (Lipinski definition) is 2. The summed E-state index contributed by atoms with van der Waals surface area (Å²) >= 11 is 0. The van der Waals surface area contributed by atoms with Crippen LogP contribution in [0.3, 0.4) is 0 Å². The number of aliphatic hydroxyl groups excluding tert-OH is 1. The van der Waals surface area contributed by atoms with Crippen LogP contribution in [0.4, 0.5) is 4.39 Å². The second kappa shape index (κ2) is 7.84. The fourth-order valence-electron chi connectivity index (χ4n) is 3.39. The molecule has 0 aromatic heterocycles. The average Bonchev–Trinajstić information content (AvgIpc) is 2.63. The van der Waals surface area contributed by atoms with E-state index in [2.05, 4.69) is 9.62 Å². The van der Waals surface area contributed by atoms with Crippen LogP contribution in [0.2, 0.25) is 0 Å². The van der Waals surface area contributed by atoms with E-state index >= 15 is 0 Å². The van der Waals surface area contributed by atoms with Gasteiger partial charge in [0, 0.05) is 19.0 Å². The van der Waals surface area contributed by atoms with E-state index in [0.717, 1.165) is 24.1 Å². The summed E-state index contributed by atoms with van der Waals surface area (Å²) in [6.07, 6.45) is 0.275. The minimum absolute atomic E-state index is 0.00926. The molecule has 2 aromatic rings. The lowest BCUT2D eigenvalue weighted by molar-refractivity contribution is 0.0476. The molecule has 0 aliphatic carbocycles. The SMILES string of the molecule is CNS(=O)(=O)c1ccc(CN2CC[C@@H](c3ccc(F)cc3)[C@H](O)C2)cc1. The van der Waals surface area contributed by atoms with Crippen molar-refractivity contribution < 1.29 is 17.9 Å². The number of halogens is 1. The number of aliphatic hydroxyl groups is 1. The van der Waals surface area contributed by atoms with Crippen LogP contribution in [0, 0.1) is 5.82 Å². The highest BCUT2D eigenvalue weighted by Crippen LogP contribution is 2.29. The lowest BCUT2D eigenvalue weighted by Gasteiger charge is -2.36. The van der Waals surface area contributed by atoms with Gasteiger partial charge in [-0.05, 0) is 55.4 Å². The Hall–Kier alpha value is -1.80. The summed E-state index contributed by atoms with van der Waals surface area (Å²) in [5, 5.41) is 10.5. The van der Waals surface area contributed by atoms with Crippen LogP contribution < -0.4 is 4.72 Å². The minimum atomic E-state index is -3.43. The quantitative estimate of drug-likeness (QED) is 0.836. The molecule has 1 fully saturated rings. The number of piperidine rings is 1. The summed E-state index contributed by atoms with van der Waals surface area (Å²) in [6.45, 7) is 1.99. The van der Waals surface area contributed by atoms with Crippen molar-refractivity contribution in [1.82, 2.24) is 9.62 Å². The molecule has 3 rings (SSSR count). The number of hydrogen-bond acceptors (Lipinski definition) is 4. The second-order valence-corrected chi connectivity index (χ2v) is 8.49. The molecule has 0 saturated carbocycles. The zero-order valence-corrected chi connectivity index (χ0v) is 15.4. The maximum absolute atomic E-state index is 13.1. The summed E-state index contributed by atoms with van der Waals surface area (Å²) in [5.74, 6) is -0.264. The van der Waals surface area contributed by atoms with Gasteiger partial charge in [-0.3, -0.25) is 4.90 Å². The first-order valence-corrected chi connectivity index (χ1v) is 10.1. The van der Waals surface area contributed by atoms with Gasteiger partial charge < -0.3 is 5.11 Å². The minimum Gasteiger partial charge on any atom is -0.391 e. The summed E-state index contributed by atoms with van der Waals surface area (Å²) in [7, 11) is -2.04. The molecule has 140 valence electrons. The van der Waals surface area contributed by atoms with Crippen LogP contribution in [-0.2, 0) is 16.6 Å². The third-order valence-corrected chi connectivity index (χ3v) is 6.30. The molecular weight excluding hydrogens is 355 g/mol. The predicted molar refractivity (Wildman–Crippen MR) is 97.7 cm³/mol. The number of benzene rings is 2. The Morgan fingerprint density at radius 3 is 2.38 bits per heavy atom. The molecule has 2 N–H and O–H groups in total. The molecule has 2 aromatic carbocycles. The van der Waals surface area contributed by atoms with E-state index in [0.29, 0.717) is 13.1 Å². The maximum Gasteiger partial charge on any atom is 0.240 e. The number of likely N-dealkylation sites (tertiary alicyclic amines) is 1. The Bertz CT molecular complexity index is 838. The summed E-state index contributed by atoms with van der Waals surface area (Å²) < 4.78 is 38.9. The average molecular weight is 378 g/mol. The molecule has 1 aliphatic rings. The van der Waals surface area contributed by atoms with E-state index in [1.54, 1.807) is 36.4 Å². The van der Waals surface area contributed by atoms with Gasteiger partial charge in [0.05, 0.1) is 11.0 Å². The van der Waals surface area contributed by atoms with Crippen LogP contribution in [0.5, 0.6) is 0 Å². The van der Waals surface area contributed by atoms with E-state index < -0.39 is 16.1 Å². The monoisotopic (exact) mass is 378 g/mol. The number of rotatable bonds is 5. The Balaban J connectivity index is 1.62. The van der Waals surface area contributed by atoms with Gasteiger partial charge in [0.15, 0.2) is 0 Å². The van der Waals surface area contributed by atoms with Crippen molar-refractivity contribution in [3.8, 4) is 0 Å². The Kier molecular flexibility index (Phi) is 5.72. The van der Waals surface area contributed by atoms with Crippen molar-refractivity contribution in [2.75, 3.05) is 20.1 Å². The smallest absolute Gasteiger partial charge is 0.240 e. The van der Waals surface area contributed by atoms with Gasteiger partial charge in [-0.15, -0.1) is 0 Å². The number of β-amino-alcohol motifs (C(OH)–C–C–N with tert-alkyl or cyclic N) is 1. The maximum atomic E-state index is 13.1. The fraction of sp³-hybridized carbons (Fsp3) is 0.368. The van der Waals surface area contributed by atoms with Crippen LogP contribution in [-0.4, -0.2) is 44.7 Å². The van der Waals surface area contributed by atoms with Crippen molar-refractivity contribution in [1.29, 1.82) is 0 Å². The number of sulfonamides is 1. The fourth-order valence-corrected chi connectivity index (χ4v) is 4.12. The van der Waals surface area contributed by atoms with E-state index in [-0.39, 0.29) is 16.6 Å². The molecule has 0 spiro atoms. The Morgan fingerprint density at radius 2 is 1.81 bits per heavy atom. The van der Waals surface area contributed by atoms with Gasteiger partial charge in [-0.2, -0.15) is 0 Å². The normalized spacial score (nSPS) is 21.7. The van der Waals surface area contributed by atoms with Gasteiger partial charge in [-0.25, -0.2) is 17.5 Å². The lowest BCUT2D eigenvalue weighted by atomic mass is 9.87. The first-order valence-electron chi connectivity index (χ1n) is 8.57. The molecule has 0 unspecified atom stereocenters. The molecule has 1 aliphatic heterocycles. The molecule has 0 bridgehead atoms. The second-order valence-electron chi connectivity index (χ2n) is 6.60. The van der Waals surface area contributed by atoms with Crippen molar-refractivity contribution >= 4 is 10.0 Å². The molecule has 7 heteroatoms. The molecule has 1 saturated heterocycles. The lowest BCUT2D eigenvalue weighted by Crippen LogP contribution is -2.42. The summed E-state index contributed by atoms with van der Waals surface area (Å²) in [5.41, 5.74) is 1.95. The molecule has 2 atom stereocenters. The number of nitrogens with one attached hydrogen (secondary N) is 1. The van der Waals surface area contributed by atoms with Crippen molar-refractivity contribution in [2.45, 2.75) is 29.9 Å². The topological polar surface area (TPSA) is 69.6 Å². The summed E-state index contributed by atoms with van der Waals surface area (Å²) in [4.78, 5) is 2.38. The first-order chi connectivity index (χ1) is 12.4. The van der Waals surface area contributed by atoms with E-state index in [9.17, 15) is 17.9 Å². The Labute approximate surface area is 153 Å². The standard InChI is InChI=1S/C19H23FN2O3S/c1-21-26(24,25)17-8-2-14(3-9-17)12-22-11-10-18(19(23)13-22)15-4-6-16(20)7-5-15/h2-9,18-19,21,23H,10-13H2,1H3/t18-,19+/m0/s1. The van der Waals surface area contributed by atoms with E-state index in [4.69, 9.17) is 0 Å². The highest BCUT2D eigenvalue weighted by atomic mass is 32.2. The van der Waals surface area contributed by atoms with Gasteiger partial charge >= 0.3 is 0 Å². The van der Waals surface area contributed by atoms with Crippen LogP contribution >= 0.6 is 0 Å². The van der Waals surface area contributed by atoms with Gasteiger partial charge in [0.2, 0.25) is 10.0 Å². The van der Waals surface area contributed by atoms with Crippen molar-refractivity contribution in [2.24, 2.45) is 0 Å². The zero-order chi connectivity index (χ0) is 18.7. The van der Waals surface area contributed by atoms with Gasteiger partial charge in [0.25, 0.3) is 0 Å². The molecule has 0 radical (unpaired) electrons. The highest BCUT2D eigenvalue weighted by Gasteiger charge is 2.28. The molecule has 0 amide bonds. The number of nitrogens with zero attached hydrogens (tertiary/aromatic N) is 1. The van der Waals surface area contributed by atoms with Crippen molar-refractivity contribution in [3.63, 3.8) is 0 Å². The van der Waals surface area contributed by atoms with Crippen molar-refractivity contribution in [3.05, 3.63) is 65.5 Å². The van der Waals surface area contributed by atoms with Crippen LogP contribution in [0.25, 0.3) is 0 Å². The molecular formula is C19H23FN2O3S. The predicted octanol–water partition coefficient (Wildman–Crippen LogP) is 2.08. The third-order valence-electron chi connectivity index (χ3n) is 4.87. The van der Waals surface area contributed by atoms with Crippen LogP contribution in [0.1, 0.15) is 23.5 Å². The largest absolute Gasteiger partial charge is 0.391 e. The molecule has 1 heterocycles. The van der Waals surface area contributed by atoms with Crippen LogP contribution in [0.15, 0.2) is 53.4 Å². The van der Waals surface area contributed by atoms with Gasteiger partial charge in [0.1, 0.15) is 5.82 Å². The zero-order valence-electron chi connectivity index (χ0n) is 14.6. The first kappa shape index (κ1) is 19.0. The third kappa shape index (κ3) is 4.29. The molecule has 26 heavy (non-hydrogen) atoms. The Morgan fingerprint density at radius 1 is 1.15 bits per heavy atom. The highest BCUT2D eigenvalue weighted by molar-refractivity contribution is 7.89. The van der Waals surface area contributed by atoms with Gasteiger partial charge in [-0.1, -0.05) is 24.3 Å².